The number of benzene rings is 2. The number of hydrogen-bond donors (Lipinski definition) is 2. The molecular weight excluding hydrogens is 322 g/mol. The predicted molar refractivity (Wildman–Crippen MR) is 81.4 cm³/mol. The summed E-state index contributed by atoms with van der Waals surface area (Å²) in [6, 6.07) is 7.59. The van der Waals surface area contributed by atoms with Crippen LogP contribution >= 0.6 is 0 Å². The van der Waals surface area contributed by atoms with Gasteiger partial charge < -0.3 is 24.8 Å². The first-order chi connectivity index (χ1) is 11.6. The molecule has 24 heavy (non-hydrogen) atoms. The fourth-order valence-corrected chi connectivity index (χ4v) is 2.07. The van der Waals surface area contributed by atoms with Gasteiger partial charge in [0.2, 0.25) is 6.79 Å². The van der Waals surface area contributed by atoms with Gasteiger partial charge in [0, 0.05) is 17.8 Å². The average molecular weight is 336 g/mol. The van der Waals surface area contributed by atoms with E-state index in [4.69, 9.17) is 14.2 Å². The third-order valence-corrected chi connectivity index (χ3v) is 3.17. The summed E-state index contributed by atoms with van der Waals surface area (Å²) in [5.41, 5.74) is 0.544. The maximum absolute atomic E-state index is 13.3. The topological polar surface area (TPSA) is 68.8 Å². The maximum atomic E-state index is 13.3. The SMILES string of the molecule is O=C(NCCOc1ccc(F)cc1F)Nc1ccc2c(c1)OCO2. The number of carbonyl (C=O) groups excluding carboxylic acids is 1. The van der Waals surface area contributed by atoms with Crippen molar-refractivity contribution < 1.29 is 27.8 Å². The zero-order chi connectivity index (χ0) is 16.9. The molecule has 0 aliphatic carbocycles. The summed E-state index contributed by atoms with van der Waals surface area (Å²) >= 11 is 0. The summed E-state index contributed by atoms with van der Waals surface area (Å²) in [5, 5.41) is 5.18. The van der Waals surface area contributed by atoms with Gasteiger partial charge in [0.25, 0.3) is 0 Å². The molecule has 6 nitrogen and oxygen atoms in total. The normalized spacial score (nSPS) is 11.9. The zero-order valence-corrected chi connectivity index (χ0v) is 12.5. The van der Waals surface area contributed by atoms with E-state index in [2.05, 4.69) is 10.6 Å². The first-order valence-corrected chi connectivity index (χ1v) is 7.14. The number of anilines is 1. The van der Waals surface area contributed by atoms with Crippen molar-refractivity contribution in [1.82, 2.24) is 5.32 Å². The van der Waals surface area contributed by atoms with Gasteiger partial charge in [0.15, 0.2) is 23.1 Å². The predicted octanol–water partition coefficient (Wildman–Crippen LogP) is 2.89. The van der Waals surface area contributed by atoms with E-state index in [-0.39, 0.29) is 25.7 Å². The Morgan fingerprint density at radius 3 is 2.79 bits per heavy atom. The van der Waals surface area contributed by atoms with Gasteiger partial charge in [0.05, 0.1) is 6.54 Å². The molecule has 1 aliphatic rings. The minimum Gasteiger partial charge on any atom is -0.489 e. The van der Waals surface area contributed by atoms with Gasteiger partial charge in [-0.15, -0.1) is 0 Å². The molecule has 1 aliphatic heterocycles. The Morgan fingerprint density at radius 2 is 1.96 bits per heavy atom. The number of ether oxygens (including phenoxy) is 3. The second-order valence-electron chi connectivity index (χ2n) is 4.87. The van der Waals surface area contributed by atoms with Gasteiger partial charge in [-0.05, 0) is 24.3 Å². The molecule has 2 aromatic carbocycles. The summed E-state index contributed by atoms with van der Waals surface area (Å²) in [6.45, 7) is 0.340. The average Bonchev–Trinajstić information content (AvgIpc) is 3.01. The monoisotopic (exact) mass is 336 g/mol. The van der Waals surface area contributed by atoms with Gasteiger partial charge >= 0.3 is 6.03 Å². The van der Waals surface area contributed by atoms with E-state index in [0.29, 0.717) is 17.2 Å². The van der Waals surface area contributed by atoms with Crippen LogP contribution in [-0.2, 0) is 0 Å². The molecule has 0 aromatic heterocycles. The molecule has 0 radical (unpaired) electrons. The summed E-state index contributed by atoms with van der Waals surface area (Å²) in [5.74, 6) is -0.367. The lowest BCUT2D eigenvalue weighted by atomic mass is 10.3. The van der Waals surface area contributed by atoms with E-state index in [9.17, 15) is 13.6 Å². The standard InChI is InChI=1S/C16H14F2N2O4/c17-10-1-3-13(12(18)7-10)22-6-5-19-16(21)20-11-2-4-14-15(8-11)24-9-23-14/h1-4,7-8H,5-6,9H2,(H2,19,20,21). The van der Waals surface area contributed by atoms with Crippen molar-refractivity contribution >= 4 is 11.7 Å². The van der Waals surface area contributed by atoms with E-state index >= 15 is 0 Å². The molecule has 2 N–H and O–H groups in total. The van der Waals surface area contributed by atoms with Crippen molar-refractivity contribution in [3.05, 3.63) is 48.0 Å². The largest absolute Gasteiger partial charge is 0.489 e. The van der Waals surface area contributed by atoms with Crippen LogP contribution in [0.25, 0.3) is 0 Å². The molecular formula is C16H14F2N2O4. The summed E-state index contributed by atoms with van der Waals surface area (Å²) in [6.07, 6.45) is 0. The Kier molecular flexibility index (Phi) is 4.64. The van der Waals surface area contributed by atoms with Crippen LogP contribution in [0.1, 0.15) is 0 Å². The van der Waals surface area contributed by atoms with Gasteiger partial charge in [-0.3, -0.25) is 0 Å². The molecule has 0 saturated heterocycles. The Bertz CT molecular complexity index is 755. The maximum Gasteiger partial charge on any atom is 0.319 e. The van der Waals surface area contributed by atoms with Crippen molar-refractivity contribution in [3.8, 4) is 17.2 Å². The number of urea groups is 1. The summed E-state index contributed by atoms with van der Waals surface area (Å²) < 4.78 is 41.6. The van der Waals surface area contributed by atoms with E-state index in [1.165, 1.54) is 6.07 Å². The Morgan fingerprint density at radius 1 is 1.12 bits per heavy atom. The molecule has 1 heterocycles. The van der Waals surface area contributed by atoms with Crippen molar-refractivity contribution in [3.63, 3.8) is 0 Å². The lowest BCUT2D eigenvalue weighted by molar-refractivity contribution is 0.174. The number of fused-ring (bicyclic) bond motifs is 1. The number of rotatable bonds is 5. The van der Waals surface area contributed by atoms with Crippen molar-refractivity contribution in [1.29, 1.82) is 0 Å². The lowest BCUT2D eigenvalue weighted by Crippen LogP contribution is -2.32. The summed E-state index contributed by atoms with van der Waals surface area (Å²) in [7, 11) is 0. The Balaban J connectivity index is 1.42. The molecule has 0 spiro atoms. The first kappa shape index (κ1) is 15.9. The van der Waals surface area contributed by atoms with Crippen LogP contribution < -0.4 is 24.8 Å². The van der Waals surface area contributed by atoms with E-state index in [0.717, 1.165) is 12.1 Å². The van der Waals surface area contributed by atoms with Gasteiger partial charge in [0.1, 0.15) is 12.4 Å². The molecule has 2 aromatic rings. The lowest BCUT2D eigenvalue weighted by Gasteiger charge is -2.10. The molecule has 0 saturated carbocycles. The quantitative estimate of drug-likeness (QED) is 0.824. The minimum atomic E-state index is -0.792. The fourth-order valence-electron chi connectivity index (χ4n) is 2.07. The van der Waals surface area contributed by atoms with Crippen molar-refractivity contribution in [2.45, 2.75) is 0 Å². The third kappa shape index (κ3) is 3.83. The van der Waals surface area contributed by atoms with Crippen molar-refractivity contribution in [2.24, 2.45) is 0 Å². The molecule has 0 bridgehead atoms. The molecule has 0 atom stereocenters. The number of carbonyl (C=O) groups is 1. The van der Waals surface area contributed by atoms with Gasteiger partial charge in [-0.2, -0.15) is 0 Å². The molecule has 126 valence electrons. The van der Waals surface area contributed by atoms with Gasteiger partial charge in [-0.1, -0.05) is 0 Å². The highest BCUT2D eigenvalue weighted by atomic mass is 19.1. The number of amides is 2. The summed E-state index contributed by atoms with van der Waals surface area (Å²) in [4.78, 5) is 11.8. The zero-order valence-electron chi connectivity index (χ0n) is 12.5. The molecule has 0 unspecified atom stereocenters. The second kappa shape index (κ2) is 7.03. The van der Waals surface area contributed by atoms with Gasteiger partial charge in [-0.25, -0.2) is 13.6 Å². The van der Waals surface area contributed by atoms with Crippen molar-refractivity contribution in [2.75, 3.05) is 25.3 Å². The van der Waals surface area contributed by atoms with Crippen LogP contribution in [-0.4, -0.2) is 26.0 Å². The van der Waals surface area contributed by atoms with E-state index in [1.807, 2.05) is 0 Å². The van der Waals surface area contributed by atoms with E-state index < -0.39 is 17.7 Å². The molecule has 2 amide bonds. The van der Waals surface area contributed by atoms with Crippen LogP contribution in [0, 0.1) is 11.6 Å². The minimum absolute atomic E-state index is 0.0388. The van der Waals surface area contributed by atoms with E-state index in [1.54, 1.807) is 18.2 Å². The highest BCUT2D eigenvalue weighted by Crippen LogP contribution is 2.34. The highest BCUT2D eigenvalue weighted by Gasteiger charge is 2.14. The third-order valence-electron chi connectivity index (χ3n) is 3.17. The van der Waals surface area contributed by atoms with Crippen LogP contribution in [0.5, 0.6) is 17.2 Å². The van der Waals surface area contributed by atoms with Crippen LogP contribution in [0.15, 0.2) is 36.4 Å². The van der Waals surface area contributed by atoms with Crippen LogP contribution in [0.3, 0.4) is 0 Å². The number of hydrogen-bond acceptors (Lipinski definition) is 4. The Labute approximate surface area is 136 Å². The number of nitrogens with one attached hydrogen (secondary N) is 2. The molecule has 8 heteroatoms. The first-order valence-electron chi connectivity index (χ1n) is 7.14. The number of halogens is 2. The highest BCUT2D eigenvalue weighted by molar-refractivity contribution is 5.89. The van der Waals surface area contributed by atoms with Crippen LogP contribution in [0.4, 0.5) is 19.3 Å². The Hall–Kier alpha value is -3.03. The van der Waals surface area contributed by atoms with Crippen LogP contribution in [0.2, 0.25) is 0 Å². The second-order valence-corrected chi connectivity index (χ2v) is 4.87. The molecule has 0 fully saturated rings. The fraction of sp³-hybridized carbons (Fsp3) is 0.188. The molecule has 3 rings (SSSR count). The smallest absolute Gasteiger partial charge is 0.319 e.